The van der Waals surface area contributed by atoms with E-state index in [1.54, 1.807) is 0 Å². The van der Waals surface area contributed by atoms with Crippen LogP contribution in [-0.4, -0.2) is 18.5 Å². The normalized spacial score (nSPS) is 41.5. The Labute approximate surface area is 123 Å². The van der Waals surface area contributed by atoms with Gasteiger partial charge in [0.05, 0.1) is 6.04 Å². The zero-order chi connectivity index (χ0) is 14.3. The second kappa shape index (κ2) is 5.32. The van der Waals surface area contributed by atoms with Crippen LogP contribution in [0.5, 0.6) is 0 Å². The van der Waals surface area contributed by atoms with E-state index >= 15 is 0 Å². The molecule has 4 bridgehead atoms. The van der Waals surface area contributed by atoms with Gasteiger partial charge >= 0.3 is 0 Å². The minimum atomic E-state index is -0.339. The topological polar surface area (TPSA) is 55.1 Å². The van der Waals surface area contributed by atoms with Crippen LogP contribution in [0.1, 0.15) is 58.8 Å². The monoisotopic (exact) mass is 278 g/mol. The van der Waals surface area contributed by atoms with Crippen LogP contribution in [0.3, 0.4) is 0 Å². The lowest BCUT2D eigenvalue weighted by molar-refractivity contribution is -0.125. The van der Waals surface area contributed by atoms with Gasteiger partial charge in [-0.25, -0.2) is 0 Å². The predicted molar refractivity (Wildman–Crippen MR) is 81.0 cm³/mol. The molecule has 0 saturated heterocycles. The van der Waals surface area contributed by atoms with E-state index in [-0.39, 0.29) is 17.9 Å². The van der Waals surface area contributed by atoms with E-state index in [1.165, 1.54) is 38.5 Å². The van der Waals surface area contributed by atoms with Gasteiger partial charge in [-0.2, -0.15) is 0 Å². The summed E-state index contributed by atoms with van der Waals surface area (Å²) in [4.78, 5) is 12.2. The van der Waals surface area contributed by atoms with Crippen molar-refractivity contribution in [3.8, 4) is 0 Å². The molecule has 4 aliphatic carbocycles. The van der Waals surface area contributed by atoms with E-state index in [2.05, 4.69) is 19.2 Å². The first-order valence-corrected chi connectivity index (χ1v) is 8.54. The molecule has 3 heteroatoms. The Hall–Kier alpha value is -0.570. The summed E-state index contributed by atoms with van der Waals surface area (Å²) in [7, 11) is 0. The van der Waals surface area contributed by atoms with Gasteiger partial charge in [0.25, 0.3) is 0 Å². The average molecular weight is 278 g/mol. The van der Waals surface area contributed by atoms with Crippen molar-refractivity contribution < 1.29 is 4.79 Å². The number of nitrogens with one attached hydrogen (secondary N) is 1. The van der Waals surface area contributed by atoms with Gasteiger partial charge in [0.15, 0.2) is 0 Å². The molecule has 2 atom stereocenters. The van der Waals surface area contributed by atoms with Crippen molar-refractivity contribution in [3.05, 3.63) is 0 Å². The van der Waals surface area contributed by atoms with Crippen molar-refractivity contribution in [1.82, 2.24) is 5.32 Å². The van der Waals surface area contributed by atoms with Gasteiger partial charge in [0.1, 0.15) is 0 Å². The Morgan fingerprint density at radius 2 is 1.70 bits per heavy atom. The van der Waals surface area contributed by atoms with E-state index in [9.17, 15) is 4.79 Å². The van der Waals surface area contributed by atoms with Gasteiger partial charge in [-0.3, -0.25) is 4.79 Å². The Kier molecular flexibility index (Phi) is 3.83. The van der Waals surface area contributed by atoms with Crippen molar-refractivity contribution in [1.29, 1.82) is 0 Å². The number of carbonyl (C=O) groups excluding carboxylic acids is 1. The number of hydrogen-bond donors (Lipinski definition) is 2. The second-order valence-corrected chi connectivity index (χ2v) is 8.05. The van der Waals surface area contributed by atoms with Crippen molar-refractivity contribution in [3.63, 3.8) is 0 Å². The highest BCUT2D eigenvalue weighted by Crippen LogP contribution is 2.59. The molecular formula is C17H30N2O. The van der Waals surface area contributed by atoms with Crippen molar-refractivity contribution in [2.45, 2.75) is 64.8 Å². The molecule has 0 aliphatic heterocycles. The molecule has 3 nitrogen and oxygen atoms in total. The molecule has 0 aromatic rings. The molecule has 3 N–H and O–H groups in total. The van der Waals surface area contributed by atoms with Crippen LogP contribution >= 0.6 is 0 Å². The molecule has 4 aliphatic rings. The summed E-state index contributed by atoms with van der Waals surface area (Å²) in [5, 5.41) is 3.19. The highest BCUT2D eigenvalue weighted by Gasteiger charge is 2.50. The zero-order valence-electron chi connectivity index (χ0n) is 13.0. The highest BCUT2D eigenvalue weighted by molar-refractivity contribution is 5.81. The van der Waals surface area contributed by atoms with E-state index in [0.717, 1.165) is 30.7 Å². The van der Waals surface area contributed by atoms with Gasteiger partial charge in [-0.1, -0.05) is 20.3 Å². The molecule has 0 aromatic carbocycles. The number of carbonyl (C=O) groups is 1. The lowest BCUT2D eigenvalue weighted by atomic mass is 9.49. The molecular weight excluding hydrogens is 248 g/mol. The fraction of sp³-hybridized carbons (Fsp3) is 0.941. The molecule has 4 rings (SSSR count). The third-order valence-electron chi connectivity index (χ3n) is 6.36. The molecule has 1 unspecified atom stereocenters. The maximum Gasteiger partial charge on any atom is 0.237 e. The summed E-state index contributed by atoms with van der Waals surface area (Å²) >= 11 is 0. The van der Waals surface area contributed by atoms with Crippen molar-refractivity contribution in [2.75, 3.05) is 6.54 Å². The zero-order valence-corrected chi connectivity index (χ0v) is 13.0. The van der Waals surface area contributed by atoms with E-state index in [1.807, 2.05) is 0 Å². The molecule has 4 fully saturated rings. The van der Waals surface area contributed by atoms with E-state index < -0.39 is 0 Å². The fourth-order valence-corrected chi connectivity index (χ4v) is 5.41. The third-order valence-corrected chi connectivity index (χ3v) is 6.36. The standard InChI is InChI=1S/C17H30N2O/c1-3-11(2)15(18)16(20)19-10-17-7-12-4-13(8-17)6-14(5-12)9-17/h11-15H,3-10,18H2,1-2H3,(H,19,20)/t11?,12?,13?,14?,15-,17?/m0/s1. The number of amides is 1. The van der Waals surface area contributed by atoms with Crippen LogP contribution in [0.4, 0.5) is 0 Å². The summed E-state index contributed by atoms with van der Waals surface area (Å²) < 4.78 is 0. The summed E-state index contributed by atoms with van der Waals surface area (Å²) in [5.74, 6) is 3.17. The molecule has 1 amide bonds. The van der Waals surface area contributed by atoms with Crippen LogP contribution in [0.15, 0.2) is 0 Å². The molecule has 0 aromatic heterocycles. The third kappa shape index (κ3) is 2.61. The number of nitrogens with two attached hydrogens (primary N) is 1. The highest BCUT2D eigenvalue weighted by atomic mass is 16.2. The number of rotatable bonds is 5. The van der Waals surface area contributed by atoms with Crippen LogP contribution in [-0.2, 0) is 4.79 Å². The average Bonchev–Trinajstić information content (AvgIpc) is 2.41. The lowest BCUT2D eigenvalue weighted by Crippen LogP contribution is -2.53. The van der Waals surface area contributed by atoms with E-state index in [4.69, 9.17) is 5.73 Å². The summed E-state index contributed by atoms with van der Waals surface area (Å²) in [5.41, 5.74) is 6.45. The summed E-state index contributed by atoms with van der Waals surface area (Å²) in [6, 6.07) is -0.339. The maximum absolute atomic E-state index is 12.2. The van der Waals surface area contributed by atoms with Crippen LogP contribution in [0, 0.1) is 29.1 Å². The van der Waals surface area contributed by atoms with Gasteiger partial charge < -0.3 is 11.1 Å². The minimum Gasteiger partial charge on any atom is -0.354 e. The molecule has 20 heavy (non-hydrogen) atoms. The Balaban J connectivity index is 1.57. The smallest absolute Gasteiger partial charge is 0.237 e. The molecule has 0 heterocycles. The molecule has 114 valence electrons. The van der Waals surface area contributed by atoms with E-state index in [0.29, 0.717) is 5.41 Å². The van der Waals surface area contributed by atoms with Crippen molar-refractivity contribution in [2.24, 2.45) is 34.8 Å². The number of hydrogen-bond acceptors (Lipinski definition) is 2. The van der Waals surface area contributed by atoms with Gasteiger partial charge in [-0.05, 0) is 67.6 Å². The maximum atomic E-state index is 12.2. The van der Waals surface area contributed by atoms with Gasteiger partial charge in [0.2, 0.25) is 5.91 Å². The molecule has 0 radical (unpaired) electrons. The van der Waals surface area contributed by atoms with Crippen LogP contribution < -0.4 is 11.1 Å². The lowest BCUT2D eigenvalue weighted by Gasteiger charge is -2.57. The Morgan fingerprint density at radius 1 is 1.20 bits per heavy atom. The van der Waals surface area contributed by atoms with Crippen LogP contribution in [0.25, 0.3) is 0 Å². The predicted octanol–water partition coefficient (Wildman–Crippen LogP) is 2.69. The summed E-state index contributed by atoms with van der Waals surface area (Å²) in [6.45, 7) is 5.03. The van der Waals surface area contributed by atoms with Crippen LogP contribution in [0.2, 0.25) is 0 Å². The quantitative estimate of drug-likeness (QED) is 0.812. The Bertz CT molecular complexity index is 344. The molecule has 4 saturated carbocycles. The summed E-state index contributed by atoms with van der Waals surface area (Å²) in [6.07, 6.45) is 9.37. The first-order valence-electron chi connectivity index (χ1n) is 8.54. The SMILES string of the molecule is CCC(C)[C@H](N)C(=O)NCC12CC3CC(CC(C3)C1)C2. The van der Waals surface area contributed by atoms with Gasteiger partial charge in [-0.15, -0.1) is 0 Å². The first kappa shape index (κ1) is 14.4. The largest absolute Gasteiger partial charge is 0.354 e. The Morgan fingerprint density at radius 3 is 2.15 bits per heavy atom. The van der Waals surface area contributed by atoms with Gasteiger partial charge in [0, 0.05) is 6.54 Å². The molecule has 0 spiro atoms. The van der Waals surface area contributed by atoms with Crippen molar-refractivity contribution >= 4 is 5.91 Å². The first-order chi connectivity index (χ1) is 9.51. The fourth-order valence-electron chi connectivity index (χ4n) is 5.41. The minimum absolute atomic E-state index is 0.0649. The second-order valence-electron chi connectivity index (χ2n) is 8.05.